The van der Waals surface area contributed by atoms with Crippen LogP contribution >= 0.6 is 0 Å². The molecule has 0 aliphatic heterocycles. The smallest absolute Gasteiger partial charge is 0.310 e. The second kappa shape index (κ2) is 6.20. The lowest BCUT2D eigenvalue weighted by atomic mass is 9.71. The van der Waals surface area contributed by atoms with Crippen LogP contribution in [0.2, 0.25) is 0 Å². The number of hydrogen-bond acceptors (Lipinski definition) is 2. The highest BCUT2D eigenvalue weighted by Gasteiger charge is 2.44. The fourth-order valence-electron chi connectivity index (χ4n) is 2.81. The van der Waals surface area contributed by atoms with Crippen LogP contribution in [-0.4, -0.2) is 16.2 Å². The summed E-state index contributed by atoms with van der Waals surface area (Å²) >= 11 is 0. The first-order valence-corrected chi connectivity index (χ1v) is 6.79. The minimum Gasteiger partial charge on any atom is -0.481 e. The molecule has 0 saturated carbocycles. The van der Waals surface area contributed by atoms with Crippen LogP contribution in [0.5, 0.6) is 0 Å². The maximum atomic E-state index is 11.6. The molecule has 3 nitrogen and oxygen atoms in total. The lowest BCUT2D eigenvalue weighted by molar-refractivity contribution is -0.158. The monoisotopic (exact) mass is 264 g/mol. The van der Waals surface area contributed by atoms with Crippen molar-refractivity contribution in [3.8, 4) is 0 Å². The summed E-state index contributed by atoms with van der Waals surface area (Å²) in [4.78, 5) is 11.6. The van der Waals surface area contributed by atoms with Gasteiger partial charge in [-0.1, -0.05) is 58.0 Å². The molecule has 0 bridgehead atoms. The molecule has 2 unspecified atom stereocenters. The van der Waals surface area contributed by atoms with Crippen molar-refractivity contribution < 1.29 is 15.0 Å². The van der Waals surface area contributed by atoms with Crippen LogP contribution in [0, 0.1) is 17.8 Å². The zero-order chi connectivity index (χ0) is 14.6. The molecule has 1 aromatic rings. The Labute approximate surface area is 115 Å². The molecule has 0 aliphatic carbocycles. The lowest BCUT2D eigenvalue weighted by Crippen LogP contribution is -2.43. The molecule has 19 heavy (non-hydrogen) atoms. The van der Waals surface area contributed by atoms with E-state index in [1.807, 2.05) is 45.9 Å². The molecule has 3 heteroatoms. The van der Waals surface area contributed by atoms with Gasteiger partial charge < -0.3 is 10.2 Å². The summed E-state index contributed by atoms with van der Waals surface area (Å²) in [6.07, 6.45) is 0.437. The predicted molar refractivity (Wildman–Crippen MR) is 75.8 cm³/mol. The maximum absolute atomic E-state index is 11.6. The Bertz CT molecular complexity index is 411. The van der Waals surface area contributed by atoms with Crippen LogP contribution in [0.3, 0.4) is 0 Å². The van der Waals surface area contributed by atoms with E-state index in [2.05, 4.69) is 0 Å². The van der Waals surface area contributed by atoms with Gasteiger partial charge in [0.1, 0.15) is 5.60 Å². The normalized spacial score (nSPS) is 16.4. The van der Waals surface area contributed by atoms with Gasteiger partial charge >= 0.3 is 5.97 Å². The number of hydrogen-bond donors (Lipinski definition) is 2. The van der Waals surface area contributed by atoms with E-state index in [0.29, 0.717) is 12.0 Å². The van der Waals surface area contributed by atoms with Gasteiger partial charge in [-0.25, -0.2) is 0 Å². The van der Waals surface area contributed by atoms with Crippen molar-refractivity contribution in [1.29, 1.82) is 0 Å². The summed E-state index contributed by atoms with van der Waals surface area (Å²) in [5.74, 6) is -1.67. The van der Waals surface area contributed by atoms with Gasteiger partial charge in [-0.2, -0.15) is 0 Å². The highest BCUT2D eigenvalue weighted by atomic mass is 16.4. The number of carboxylic acids is 1. The van der Waals surface area contributed by atoms with Gasteiger partial charge in [-0.3, -0.25) is 4.79 Å². The maximum Gasteiger partial charge on any atom is 0.310 e. The molecule has 0 saturated heterocycles. The van der Waals surface area contributed by atoms with E-state index in [1.165, 1.54) is 0 Å². The van der Waals surface area contributed by atoms with E-state index in [-0.39, 0.29) is 11.8 Å². The molecular formula is C16H24O3. The lowest BCUT2D eigenvalue weighted by Gasteiger charge is -2.38. The van der Waals surface area contributed by atoms with Gasteiger partial charge in [0.05, 0.1) is 5.92 Å². The zero-order valence-electron chi connectivity index (χ0n) is 12.1. The minimum atomic E-state index is -1.32. The number of benzene rings is 1. The molecule has 0 aromatic heterocycles. The molecule has 2 N–H and O–H groups in total. The number of aliphatic carboxylic acids is 1. The van der Waals surface area contributed by atoms with Crippen LogP contribution in [0.4, 0.5) is 0 Å². The van der Waals surface area contributed by atoms with Gasteiger partial charge in [0, 0.05) is 0 Å². The Morgan fingerprint density at radius 3 is 2.05 bits per heavy atom. The first-order chi connectivity index (χ1) is 8.79. The van der Waals surface area contributed by atoms with Crippen molar-refractivity contribution in [1.82, 2.24) is 0 Å². The van der Waals surface area contributed by atoms with Crippen LogP contribution in [0.1, 0.15) is 39.7 Å². The van der Waals surface area contributed by atoms with E-state index in [9.17, 15) is 15.0 Å². The van der Waals surface area contributed by atoms with Crippen LogP contribution in [0.15, 0.2) is 30.3 Å². The largest absolute Gasteiger partial charge is 0.481 e. The van der Waals surface area contributed by atoms with E-state index in [4.69, 9.17) is 0 Å². The van der Waals surface area contributed by atoms with Crippen molar-refractivity contribution in [3.05, 3.63) is 35.9 Å². The Morgan fingerprint density at radius 1 is 1.16 bits per heavy atom. The minimum absolute atomic E-state index is 0.138. The average molecular weight is 264 g/mol. The highest BCUT2D eigenvalue weighted by Crippen LogP contribution is 2.39. The predicted octanol–water partition coefficient (Wildman–Crippen LogP) is 3.28. The van der Waals surface area contributed by atoms with Crippen LogP contribution < -0.4 is 0 Å². The second-order valence-electron chi connectivity index (χ2n) is 5.95. The van der Waals surface area contributed by atoms with Crippen molar-refractivity contribution in [2.75, 3.05) is 0 Å². The third-order valence-electron chi connectivity index (χ3n) is 3.44. The molecule has 0 heterocycles. The van der Waals surface area contributed by atoms with Gasteiger partial charge in [0.15, 0.2) is 0 Å². The Kier molecular flexibility index (Phi) is 5.12. The Morgan fingerprint density at radius 2 is 1.68 bits per heavy atom. The molecule has 1 rings (SSSR count). The average Bonchev–Trinajstić information content (AvgIpc) is 2.27. The number of aliphatic hydroxyl groups is 1. The van der Waals surface area contributed by atoms with E-state index < -0.39 is 17.5 Å². The number of carboxylic acid groups (broad SMARTS) is 1. The molecule has 0 aliphatic rings. The van der Waals surface area contributed by atoms with E-state index in [1.54, 1.807) is 12.1 Å². The molecular weight excluding hydrogens is 240 g/mol. The second-order valence-corrected chi connectivity index (χ2v) is 5.95. The summed E-state index contributed by atoms with van der Waals surface area (Å²) < 4.78 is 0. The van der Waals surface area contributed by atoms with E-state index >= 15 is 0 Å². The third-order valence-corrected chi connectivity index (χ3v) is 3.44. The molecule has 0 spiro atoms. The summed E-state index contributed by atoms with van der Waals surface area (Å²) in [5.41, 5.74) is -0.639. The molecule has 0 fully saturated rings. The summed E-state index contributed by atoms with van der Waals surface area (Å²) in [7, 11) is 0. The molecule has 0 amide bonds. The Balaban J connectivity index is 3.30. The molecule has 2 atom stereocenters. The van der Waals surface area contributed by atoms with E-state index in [0.717, 1.165) is 0 Å². The number of rotatable bonds is 6. The molecule has 106 valence electrons. The first kappa shape index (κ1) is 15.7. The standard InChI is InChI=1S/C16H24O3/c1-11(2)10-16(19,13-8-6-5-7-9-13)14(12(3)4)15(17)18/h5-9,11-12,14,19H,10H2,1-4H3,(H,17,18). The van der Waals surface area contributed by atoms with Gasteiger partial charge in [-0.15, -0.1) is 0 Å². The van der Waals surface area contributed by atoms with Crippen LogP contribution in [0.25, 0.3) is 0 Å². The Hall–Kier alpha value is -1.35. The summed E-state index contributed by atoms with van der Waals surface area (Å²) in [6, 6.07) is 9.14. The van der Waals surface area contributed by atoms with Gasteiger partial charge in [-0.05, 0) is 23.8 Å². The highest BCUT2D eigenvalue weighted by molar-refractivity contribution is 5.72. The summed E-state index contributed by atoms with van der Waals surface area (Å²) in [5, 5.41) is 20.6. The zero-order valence-corrected chi connectivity index (χ0v) is 12.1. The topological polar surface area (TPSA) is 57.5 Å². The third kappa shape index (κ3) is 3.57. The first-order valence-electron chi connectivity index (χ1n) is 6.79. The van der Waals surface area contributed by atoms with Gasteiger partial charge in [0.25, 0.3) is 0 Å². The number of carbonyl (C=O) groups is 1. The van der Waals surface area contributed by atoms with Crippen molar-refractivity contribution in [3.63, 3.8) is 0 Å². The molecule has 1 aromatic carbocycles. The van der Waals surface area contributed by atoms with Crippen molar-refractivity contribution >= 4 is 5.97 Å². The summed E-state index contributed by atoms with van der Waals surface area (Å²) in [6.45, 7) is 7.67. The fourth-order valence-corrected chi connectivity index (χ4v) is 2.81. The van der Waals surface area contributed by atoms with Crippen LogP contribution in [-0.2, 0) is 10.4 Å². The molecule has 0 radical (unpaired) electrons. The quantitative estimate of drug-likeness (QED) is 0.829. The SMILES string of the molecule is CC(C)CC(O)(c1ccccc1)C(C(=O)O)C(C)C. The fraction of sp³-hybridized carbons (Fsp3) is 0.562. The van der Waals surface area contributed by atoms with Gasteiger partial charge in [0.2, 0.25) is 0 Å². The van der Waals surface area contributed by atoms with Crippen molar-refractivity contribution in [2.24, 2.45) is 17.8 Å². The van der Waals surface area contributed by atoms with Crippen molar-refractivity contribution in [2.45, 2.75) is 39.7 Å².